The predicted molar refractivity (Wildman–Crippen MR) is 61.3 cm³/mol. The minimum atomic E-state index is 0.418. The van der Waals surface area contributed by atoms with Crippen molar-refractivity contribution < 1.29 is 4.42 Å². The summed E-state index contributed by atoms with van der Waals surface area (Å²) in [5.41, 5.74) is 0.817. The number of piperidine rings is 1. The molecule has 2 heterocycles. The normalized spacial score (nSPS) is 27.0. The molecule has 1 aliphatic heterocycles. The Morgan fingerprint density at radius 1 is 1.53 bits per heavy atom. The summed E-state index contributed by atoms with van der Waals surface area (Å²) in [6.07, 6.45) is 4.15. The molecule has 0 N–H and O–H groups in total. The van der Waals surface area contributed by atoms with E-state index in [1.54, 1.807) is 6.26 Å². The molecule has 0 amide bonds. The first kappa shape index (κ1) is 10.8. The SMILES string of the molecule is CC1CCC(C)N(c2nc(CCl)co2)C1. The fraction of sp³-hybridized carbons (Fsp3) is 0.727. The highest BCUT2D eigenvalue weighted by molar-refractivity contribution is 6.16. The summed E-state index contributed by atoms with van der Waals surface area (Å²) in [6, 6.07) is 1.24. The van der Waals surface area contributed by atoms with Gasteiger partial charge in [0.15, 0.2) is 0 Å². The number of hydrogen-bond donors (Lipinski definition) is 0. The summed E-state index contributed by atoms with van der Waals surface area (Å²) >= 11 is 5.70. The summed E-state index contributed by atoms with van der Waals surface area (Å²) < 4.78 is 5.44. The van der Waals surface area contributed by atoms with Crippen molar-refractivity contribution in [3.05, 3.63) is 12.0 Å². The molecule has 0 aromatic carbocycles. The predicted octanol–water partition coefficient (Wildman–Crippen LogP) is 3.04. The molecule has 1 aromatic heterocycles. The highest BCUT2D eigenvalue weighted by Gasteiger charge is 2.26. The second-order valence-corrected chi connectivity index (χ2v) is 4.71. The Morgan fingerprint density at radius 3 is 3.00 bits per heavy atom. The quantitative estimate of drug-likeness (QED) is 0.729. The summed E-state index contributed by atoms with van der Waals surface area (Å²) in [4.78, 5) is 6.60. The highest BCUT2D eigenvalue weighted by atomic mass is 35.5. The van der Waals surface area contributed by atoms with E-state index in [1.165, 1.54) is 12.8 Å². The van der Waals surface area contributed by atoms with Crippen molar-refractivity contribution in [1.29, 1.82) is 0 Å². The Kier molecular flexibility index (Phi) is 3.19. The molecule has 0 radical (unpaired) electrons. The van der Waals surface area contributed by atoms with Crippen LogP contribution in [0.5, 0.6) is 0 Å². The third kappa shape index (κ3) is 2.28. The number of oxazole rings is 1. The average Bonchev–Trinajstić information content (AvgIpc) is 2.70. The molecule has 0 bridgehead atoms. The number of hydrogen-bond acceptors (Lipinski definition) is 3. The second-order valence-electron chi connectivity index (χ2n) is 4.44. The molecule has 0 saturated carbocycles. The molecule has 2 unspecified atom stereocenters. The zero-order valence-electron chi connectivity index (χ0n) is 9.24. The van der Waals surface area contributed by atoms with Crippen molar-refractivity contribution in [2.24, 2.45) is 5.92 Å². The molecular formula is C11H17ClN2O. The van der Waals surface area contributed by atoms with Gasteiger partial charge in [0.25, 0.3) is 6.01 Å². The second kappa shape index (κ2) is 4.44. The Bertz CT molecular complexity index is 326. The molecule has 2 rings (SSSR count). The number of rotatable bonds is 2. The summed E-state index contributed by atoms with van der Waals surface area (Å²) in [5.74, 6) is 1.13. The van der Waals surface area contributed by atoms with E-state index in [1.807, 2.05) is 0 Å². The van der Waals surface area contributed by atoms with Crippen molar-refractivity contribution in [3.63, 3.8) is 0 Å². The molecule has 1 aliphatic rings. The van der Waals surface area contributed by atoms with Gasteiger partial charge in [0.2, 0.25) is 0 Å². The van der Waals surface area contributed by atoms with Gasteiger partial charge in [-0.15, -0.1) is 11.6 Å². The smallest absolute Gasteiger partial charge is 0.297 e. The molecule has 15 heavy (non-hydrogen) atoms. The summed E-state index contributed by atoms with van der Waals surface area (Å²) in [7, 11) is 0. The van der Waals surface area contributed by atoms with E-state index >= 15 is 0 Å². The maximum Gasteiger partial charge on any atom is 0.297 e. The molecule has 4 heteroatoms. The lowest BCUT2D eigenvalue weighted by atomic mass is 9.96. The van der Waals surface area contributed by atoms with E-state index in [0.29, 0.717) is 17.8 Å². The first-order valence-electron chi connectivity index (χ1n) is 5.47. The van der Waals surface area contributed by atoms with Gasteiger partial charge >= 0.3 is 0 Å². The maximum atomic E-state index is 5.70. The zero-order valence-corrected chi connectivity index (χ0v) is 10.00. The highest BCUT2D eigenvalue weighted by Crippen LogP contribution is 2.26. The standard InChI is InChI=1S/C11H17ClN2O/c1-8-3-4-9(2)14(6-8)11-13-10(5-12)7-15-11/h7-9H,3-6H2,1-2H3. The third-order valence-corrected chi connectivity index (χ3v) is 3.31. The van der Waals surface area contributed by atoms with E-state index < -0.39 is 0 Å². The Hall–Kier alpha value is -0.700. The fourth-order valence-electron chi connectivity index (χ4n) is 2.04. The number of aromatic nitrogens is 1. The van der Waals surface area contributed by atoms with Crippen LogP contribution in [0.3, 0.4) is 0 Å². The minimum absolute atomic E-state index is 0.418. The van der Waals surface area contributed by atoms with Crippen molar-refractivity contribution in [3.8, 4) is 0 Å². The lowest BCUT2D eigenvalue weighted by molar-refractivity contribution is 0.365. The molecule has 84 valence electrons. The Balaban J connectivity index is 2.13. The summed E-state index contributed by atoms with van der Waals surface area (Å²) in [6.45, 7) is 5.52. The molecule has 1 saturated heterocycles. The van der Waals surface area contributed by atoms with Gasteiger partial charge in [-0.3, -0.25) is 0 Å². The van der Waals surface area contributed by atoms with Crippen LogP contribution in [-0.4, -0.2) is 17.6 Å². The van der Waals surface area contributed by atoms with Gasteiger partial charge in [-0.2, -0.15) is 4.98 Å². The van der Waals surface area contributed by atoms with Crippen LogP contribution in [-0.2, 0) is 5.88 Å². The molecule has 1 fully saturated rings. The lowest BCUT2D eigenvalue weighted by Crippen LogP contribution is -2.41. The number of alkyl halides is 1. The van der Waals surface area contributed by atoms with Crippen molar-refractivity contribution in [1.82, 2.24) is 4.98 Å². The van der Waals surface area contributed by atoms with Gasteiger partial charge in [-0.05, 0) is 25.7 Å². The molecule has 0 aliphatic carbocycles. The molecule has 3 nitrogen and oxygen atoms in total. The van der Waals surface area contributed by atoms with Crippen LogP contribution in [0.4, 0.5) is 6.01 Å². The zero-order chi connectivity index (χ0) is 10.8. The average molecular weight is 229 g/mol. The fourth-order valence-corrected chi connectivity index (χ4v) is 2.17. The van der Waals surface area contributed by atoms with Crippen LogP contribution < -0.4 is 4.90 Å². The van der Waals surface area contributed by atoms with Crippen molar-refractivity contribution >= 4 is 17.6 Å². The summed E-state index contributed by atoms with van der Waals surface area (Å²) in [5, 5.41) is 0. The molecular weight excluding hydrogens is 212 g/mol. The van der Waals surface area contributed by atoms with Gasteiger partial charge in [0.1, 0.15) is 6.26 Å². The van der Waals surface area contributed by atoms with Crippen LogP contribution >= 0.6 is 11.6 Å². The van der Waals surface area contributed by atoms with E-state index in [2.05, 4.69) is 23.7 Å². The first-order valence-corrected chi connectivity index (χ1v) is 6.01. The topological polar surface area (TPSA) is 29.3 Å². The number of anilines is 1. The minimum Gasteiger partial charge on any atom is -0.432 e. The Morgan fingerprint density at radius 2 is 2.33 bits per heavy atom. The monoisotopic (exact) mass is 228 g/mol. The number of nitrogens with zero attached hydrogens (tertiary/aromatic N) is 2. The van der Waals surface area contributed by atoms with Gasteiger partial charge in [0, 0.05) is 12.6 Å². The molecule has 1 aromatic rings. The maximum absolute atomic E-state index is 5.70. The van der Waals surface area contributed by atoms with Crippen LogP contribution in [0, 0.1) is 5.92 Å². The van der Waals surface area contributed by atoms with Gasteiger partial charge in [-0.25, -0.2) is 0 Å². The first-order chi connectivity index (χ1) is 7.20. The van der Waals surface area contributed by atoms with Crippen molar-refractivity contribution in [2.45, 2.75) is 38.6 Å². The number of halogens is 1. The van der Waals surface area contributed by atoms with E-state index in [9.17, 15) is 0 Å². The third-order valence-electron chi connectivity index (χ3n) is 3.04. The molecule has 0 spiro atoms. The largest absolute Gasteiger partial charge is 0.432 e. The Labute approximate surface area is 95.4 Å². The van der Waals surface area contributed by atoms with Crippen LogP contribution in [0.2, 0.25) is 0 Å². The van der Waals surface area contributed by atoms with Crippen LogP contribution in [0.25, 0.3) is 0 Å². The van der Waals surface area contributed by atoms with Crippen LogP contribution in [0.1, 0.15) is 32.4 Å². The van der Waals surface area contributed by atoms with E-state index in [4.69, 9.17) is 16.0 Å². The van der Waals surface area contributed by atoms with Gasteiger partial charge in [-0.1, -0.05) is 6.92 Å². The van der Waals surface area contributed by atoms with Gasteiger partial charge in [0.05, 0.1) is 11.6 Å². The van der Waals surface area contributed by atoms with E-state index in [0.717, 1.165) is 18.3 Å². The van der Waals surface area contributed by atoms with Gasteiger partial charge < -0.3 is 9.32 Å². The van der Waals surface area contributed by atoms with Crippen LogP contribution in [0.15, 0.2) is 10.7 Å². The van der Waals surface area contributed by atoms with Crippen molar-refractivity contribution in [2.75, 3.05) is 11.4 Å². The lowest BCUT2D eigenvalue weighted by Gasteiger charge is -2.35. The van der Waals surface area contributed by atoms with E-state index in [-0.39, 0.29) is 0 Å². The molecule has 2 atom stereocenters.